The van der Waals surface area contributed by atoms with Gasteiger partial charge in [-0.2, -0.15) is 0 Å². The van der Waals surface area contributed by atoms with Crippen LogP contribution in [0.5, 0.6) is 11.5 Å². The number of ether oxygens (including phenoxy) is 2. The Balaban J connectivity index is 1.73. The van der Waals surface area contributed by atoms with Crippen LogP contribution in [0.2, 0.25) is 0 Å². The minimum Gasteiger partial charge on any atom is -0.506 e. The van der Waals surface area contributed by atoms with Gasteiger partial charge in [0.15, 0.2) is 18.2 Å². The molecule has 0 fully saturated rings. The summed E-state index contributed by atoms with van der Waals surface area (Å²) in [4.78, 5) is 39.5. The molecule has 0 saturated heterocycles. The maximum absolute atomic E-state index is 13.0. The van der Waals surface area contributed by atoms with Gasteiger partial charge in [0.05, 0.1) is 40.4 Å². The molecule has 0 amide bonds. The molecule has 0 spiro atoms. The molecule has 1 aliphatic heterocycles. The van der Waals surface area contributed by atoms with Crippen LogP contribution in [0.4, 0.5) is 0 Å². The number of fused-ring (bicyclic) bond motifs is 1. The second-order valence-electron chi connectivity index (χ2n) is 7.49. The standard InChI is InChI=1S/C23H26N2O6S2/c1-3-30-19(27)12-31-18-8-7-14(21(29)22(18)33-4-2)17(26)11-25-9-13-5-6-15(23(24)32)20(28)16(13)10-25/h5-9,15-16,29H,3-4,10-12H2,1-2H3,(H2,24,32). The van der Waals surface area contributed by atoms with E-state index in [2.05, 4.69) is 0 Å². The van der Waals surface area contributed by atoms with E-state index in [4.69, 9.17) is 27.4 Å². The van der Waals surface area contributed by atoms with Crippen molar-refractivity contribution >= 4 is 46.5 Å². The number of nitrogens with zero attached hydrogens (tertiary/aromatic N) is 1. The van der Waals surface area contributed by atoms with E-state index in [0.717, 1.165) is 5.57 Å². The third kappa shape index (κ3) is 5.56. The van der Waals surface area contributed by atoms with Crippen molar-refractivity contribution in [2.24, 2.45) is 17.6 Å². The van der Waals surface area contributed by atoms with E-state index in [-0.39, 0.29) is 53.5 Å². The fourth-order valence-electron chi connectivity index (χ4n) is 3.76. The highest BCUT2D eigenvalue weighted by Crippen LogP contribution is 2.40. The van der Waals surface area contributed by atoms with Crippen LogP contribution in [0.3, 0.4) is 0 Å². The monoisotopic (exact) mass is 490 g/mol. The number of nitrogens with two attached hydrogens (primary N) is 1. The van der Waals surface area contributed by atoms with Gasteiger partial charge < -0.3 is 25.2 Å². The molecule has 1 aliphatic carbocycles. The third-order valence-corrected chi connectivity index (χ3v) is 6.50. The number of carbonyl (C=O) groups is 3. The first-order valence-electron chi connectivity index (χ1n) is 10.5. The van der Waals surface area contributed by atoms with Gasteiger partial charge in [0.1, 0.15) is 11.5 Å². The molecule has 2 aliphatic rings. The van der Waals surface area contributed by atoms with Crippen LogP contribution in [0, 0.1) is 11.8 Å². The van der Waals surface area contributed by atoms with Crippen molar-refractivity contribution in [3.63, 3.8) is 0 Å². The first kappa shape index (κ1) is 24.8. The largest absolute Gasteiger partial charge is 0.506 e. The Kier molecular flexibility index (Phi) is 8.15. The number of thiocarbonyl (C=S) groups is 1. The summed E-state index contributed by atoms with van der Waals surface area (Å²) in [5.41, 5.74) is 6.62. The number of rotatable bonds is 10. The molecule has 0 aromatic heterocycles. The van der Waals surface area contributed by atoms with Crippen molar-refractivity contribution in [3.8, 4) is 11.5 Å². The van der Waals surface area contributed by atoms with Crippen LogP contribution in [-0.4, -0.2) is 64.6 Å². The summed E-state index contributed by atoms with van der Waals surface area (Å²) in [5, 5.41) is 10.8. The molecule has 0 bridgehead atoms. The number of hydrogen-bond acceptors (Lipinski definition) is 9. The van der Waals surface area contributed by atoms with Gasteiger partial charge in [-0.1, -0.05) is 31.3 Å². The normalized spacial score (nSPS) is 19.2. The molecular weight excluding hydrogens is 464 g/mol. The number of ketones is 2. The molecule has 10 heteroatoms. The zero-order chi connectivity index (χ0) is 24.1. The Hall–Kier alpha value is -2.85. The van der Waals surface area contributed by atoms with Gasteiger partial charge in [-0.15, -0.1) is 11.8 Å². The fourth-order valence-corrected chi connectivity index (χ4v) is 4.75. The van der Waals surface area contributed by atoms with Gasteiger partial charge in [-0.05, 0) is 30.4 Å². The van der Waals surface area contributed by atoms with E-state index in [0.29, 0.717) is 22.9 Å². The molecule has 1 aromatic rings. The molecule has 8 nitrogen and oxygen atoms in total. The molecule has 33 heavy (non-hydrogen) atoms. The molecule has 0 radical (unpaired) electrons. The zero-order valence-corrected chi connectivity index (χ0v) is 20.0. The third-order valence-electron chi connectivity index (χ3n) is 5.27. The average Bonchev–Trinajstić information content (AvgIpc) is 3.17. The second-order valence-corrected chi connectivity index (χ2v) is 9.24. The Morgan fingerprint density at radius 3 is 2.76 bits per heavy atom. The minimum atomic E-state index is -0.586. The number of phenols is 1. The summed E-state index contributed by atoms with van der Waals surface area (Å²) in [6.45, 7) is 3.89. The van der Waals surface area contributed by atoms with E-state index in [1.165, 1.54) is 17.8 Å². The van der Waals surface area contributed by atoms with E-state index in [9.17, 15) is 19.5 Å². The van der Waals surface area contributed by atoms with Crippen molar-refractivity contribution < 1.29 is 29.0 Å². The molecule has 3 rings (SSSR count). The summed E-state index contributed by atoms with van der Waals surface area (Å²) >= 11 is 6.28. The van der Waals surface area contributed by atoms with Crippen molar-refractivity contribution in [2.75, 3.05) is 32.1 Å². The van der Waals surface area contributed by atoms with Gasteiger partial charge >= 0.3 is 5.97 Å². The highest BCUT2D eigenvalue weighted by molar-refractivity contribution is 7.99. The molecule has 1 aromatic carbocycles. The molecule has 176 valence electrons. The zero-order valence-electron chi connectivity index (χ0n) is 18.4. The molecule has 2 unspecified atom stereocenters. The minimum absolute atomic E-state index is 0.00825. The molecule has 1 heterocycles. The predicted octanol–water partition coefficient (Wildman–Crippen LogP) is 2.49. The molecule has 0 saturated carbocycles. The average molecular weight is 491 g/mol. The fraction of sp³-hybridized carbons (Fsp3) is 0.391. The SMILES string of the molecule is CCOC(=O)COc1ccc(C(=O)CN2C=C3C=CC(C(N)=S)C(=O)C3C2)c(O)c1SCC. The van der Waals surface area contributed by atoms with Gasteiger partial charge in [0.2, 0.25) is 0 Å². The number of hydrogen-bond donors (Lipinski definition) is 2. The maximum Gasteiger partial charge on any atom is 0.344 e. The Labute approximate surface area is 201 Å². The number of aromatic hydroxyl groups is 1. The van der Waals surface area contributed by atoms with Gasteiger partial charge in [0.25, 0.3) is 0 Å². The summed E-state index contributed by atoms with van der Waals surface area (Å²) in [5.74, 6) is -1.13. The number of allylic oxidation sites excluding steroid dienone is 1. The maximum atomic E-state index is 13.0. The quantitative estimate of drug-likeness (QED) is 0.219. The number of carbonyl (C=O) groups excluding carboxylic acids is 3. The number of phenolic OH excluding ortho intramolecular Hbond substituents is 1. The molecule has 3 N–H and O–H groups in total. The summed E-state index contributed by atoms with van der Waals surface area (Å²) < 4.78 is 10.4. The van der Waals surface area contributed by atoms with Gasteiger partial charge in [-0.25, -0.2) is 4.79 Å². The van der Waals surface area contributed by atoms with Crippen LogP contribution in [0.25, 0.3) is 0 Å². The lowest BCUT2D eigenvalue weighted by atomic mass is 9.83. The van der Waals surface area contributed by atoms with E-state index in [1.807, 2.05) is 13.0 Å². The lowest BCUT2D eigenvalue weighted by Crippen LogP contribution is -2.37. The summed E-state index contributed by atoms with van der Waals surface area (Å²) in [7, 11) is 0. The highest BCUT2D eigenvalue weighted by atomic mass is 32.2. The van der Waals surface area contributed by atoms with E-state index >= 15 is 0 Å². The molecule has 2 atom stereocenters. The van der Waals surface area contributed by atoms with Crippen LogP contribution >= 0.6 is 24.0 Å². The second kappa shape index (κ2) is 10.8. The highest BCUT2D eigenvalue weighted by Gasteiger charge is 2.37. The van der Waals surface area contributed by atoms with Gasteiger partial charge in [0, 0.05) is 12.7 Å². The number of thioether (sulfide) groups is 1. The van der Waals surface area contributed by atoms with Crippen LogP contribution in [0.1, 0.15) is 24.2 Å². The predicted molar refractivity (Wildman–Crippen MR) is 129 cm³/mol. The first-order chi connectivity index (χ1) is 15.8. The molecular formula is C23H26N2O6S2. The van der Waals surface area contributed by atoms with Crippen molar-refractivity contribution in [2.45, 2.75) is 18.7 Å². The van der Waals surface area contributed by atoms with Crippen molar-refractivity contribution in [3.05, 3.63) is 41.6 Å². The summed E-state index contributed by atoms with van der Waals surface area (Å²) in [6.07, 6.45) is 5.29. The Morgan fingerprint density at radius 2 is 2.09 bits per heavy atom. The number of esters is 1. The van der Waals surface area contributed by atoms with Crippen molar-refractivity contribution in [1.82, 2.24) is 4.90 Å². The van der Waals surface area contributed by atoms with Crippen LogP contribution in [0.15, 0.2) is 41.0 Å². The lowest BCUT2D eigenvalue weighted by Gasteiger charge is -2.22. The van der Waals surface area contributed by atoms with Crippen molar-refractivity contribution in [1.29, 1.82) is 0 Å². The summed E-state index contributed by atoms with van der Waals surface area (Å²) in [6, 6.07) is 3.04. The van der Waals surface area contributed by atoms with E-state index in [1.54, 1.807) is 30.2 Å². The van der Waals surface area contributed by atoms with Crippen LogP contribution in [-0.2, 0) is 14.3 Å². The van der Waals surface area contributed by atoms with Crippen LogP contribution < -0.4 is 10.5 Å². The number of benzene rings is 1. The Morgan fingerprint density at radius 1 is 1.33 bits per heavy atom. The first-order valence-corrected chi connectivity index (χ1v) is 11.9. The Bertz CT molecular complexity index is 1040. The van der Waals surface area contributed by atoms with E-state index < -0.39 is 11.9 Å². The lowest BCUT2D eigenvalue weighted by molar-refractivity contribution is -0.145. The van der Waals surface area contributed by atoms with Gasteiger partial charge in [-0.3, -0.25) is 9.59 Å². The topological polar surface area (TPSA) is 119 Å². The number of Topliss-reactive ketones (excluding diaryl/α,β-unsaturated/α-hetero) is 2. The smallest absolute Gasteiger partial charge is 0.344 e.